The third kappa shape index (κ3) is 3.24. The summed E-state index contributed by atoms with van der Waals surface area (Å²) < 4.78 is 14.1. The number of H-pyrrole nitrogens is 1. The molecule has 0 radical (unpaired) electrons. The normalized spacial score (nSPS) is 16.4. The highest BCUT2D eigenvalue weighted by molar-refractivity contribution is 9.10. The van der Waals surface area contributed by atoms with Crippen molar-refractivity contribution in [3.05, 3.63) is 28.5 Å². The van der Waals surface area contributed by atoms with E-state index in [1.165, 1.54) is 12.1 Å². The molecule has 2 heterocycles. The summed E-state index contributed by atoms with van der Waals surface area (Å²) in [7, 11) is 0. The monoisotopic (exact) mass is 353 g/mol. The Labute approximate surface area is 130 Å². The minimum Gasteiger partial charge on any atom is -0.340 e. The van der Waals surface area contributed by atoms with Gasteiger partial charge in [-0.3, -0.25) is 5.10 Å². The van der Waals surface area contributed by atoms with Gasteiger partial charge in [0.15, 0.2) is 5.82 Å². The number of rotatable bonds is 3. The number of halogens is 2. The van der Waals surface area contributed by atoms with Gasteiger partial charge in [0, 0.05) is 23.1 Å². The molecule has 112 valence electrons. The number of anilines is 1. The number of nitrogens with one attached hydrogen (secondary N) is 1. The molecule has 5 nitrogen and oxygen atoms in total. The van der Waals surface area contributed by atoms with Crippen molar-refractivity contribution >= 4 is 21.9 Å². The van der Waals surface area contributed by atoms with Crippen molar-refractivity contribution in [1.29, 1.82) is 0 Å². The van der Waals surface area contributed by atoms with Crippen LogP contribution in [0.5, 0.6) is 0 Å². The summed E-state index contributed by atoms with van der Waals surface area (Å²) in [5.41, 5.74) is 6.38. The van der Waals surface area contributed by atoms with Gasteiger partial charge in [-0.2, -0.15) is 4.98 Å². The zero-order chi connectivity index (χ0) is 14.8. The Morgan fingerprint density at radius 3 is 2.76 bits per heavy atom. The minimum absolute atomic E-state index is 0.305. The van der Waals surface area contributed by atoms with Crippen molar-refractivity contribution in [3.63, 3.8) is 0 Å². The van der Waals surface area contributed by atoms with Crippen LogP contribution >= 0.6 is 15.9 Å². The lowest BCUT2D eigenvalue weighted by Gasteiger charge is -2.30. The van der Waals surface area contributed by atoms with E-state index in [9.17, 15) is 4.39 Å². The Hall–Kier alpha value is -1.47. The molecule has 0 aliphatic carbocycles. The molecular formula is C14H17BrFN5. The Balaban J connectivity index is 1.77. The molecule has 1 fully saturated rings. The van der Waals surface area contributed by atoms with Crippen LogP contribution in [0.25, 0.3) is 11.4 Å². The number of nitrogens with zero attached hydrogens (tertiary/aromatic N) is 3. The number of aromatic nitrogens is 3. The highest BCUT2D eigenvalue weighted by Gasteiger charge is 2.21. The summed E-state index contributed by atoms with van der Waals surface area (Å²) in [5, 5.41) is 7.13. The minimum atomic E-state index is -0.305. The topological polar surface area (TPSA) is 70.8 Å². The third-order valence-electron chi connectivity index (χ3n) is 3.84. The molecule has 1 aromatic carbocycles. The summed E-state index contributed by atoms with van der Waals surface area (Å²) in [6.45, 7) is 2.56. The first kappa shape index (κ1) is 14.5. The quantitative estimate of drug-likeness (QED) is 0.889. The van der Waals surface area contributed by atoms with Crippen LogP contribution in [0.15, 0.2) is 22.7 Å². The van der Waals surface area contributed by atoms with Crippen LogP contribution in [0.3, 0.4) is 0 Å². The standard InChI is InChI=1S/C14H17BrFN5/c15-11-5-10(6-12(16)7-11)13-18-14(20-19-13)21-3-1-9(8-17)2-4-21/h5-7,9H,1-4,8,17H2,(H,18,19,20). The molecule has 3 N–H and O–H groups in total. The van der Waals surface area contributed by atoms with Gasteiger partial charge in [-0.1, -0.05) is 15.9 Å². The molecule has 1 aliphatic heterocycles. The van der Waals surface area contributed by atoms with Crippen molar-refractivity contribution in [2.24, 2.45) is 11.7 Å². The highest BCUT2D eigenvalue weighted by atomic mass is 79.9. The molecule has 0 atom stereocenters. The third-order valence-corrected chi connectivity index (χ3v) is 4.30. The van der Waals surface area contributed by atoms with Crippen molar-refractivity contribution in [2.75, 3.05) is 24.5 Å². The average molecular weight is 354 g/mol. The molecule has 0 amide bonds. The van der Waals surface area contributed by atoms with Gasteiger partial charge in [-0.25, -0.2) is 4.39 Å². The van der Waals surface area contributed by atoms with Crippen LogP contribution in [0.4, 0.5) is 10.3 Å². The van der Waals surface area contributed by atoms with Crippen molar-refractivity contribution < 1.29 is 4.39 Å². The largest absolute Gasteiger partial charge is 0.340 e. The molecule has 0 saturated carbocycles. The second kappa shape index (κ2) is 6.11. The zero-order valence-electron chi connectivity index (χ0n) is 11.5. The van der Waals surface area contributed by atoms with Gasteiger partial charge >= 0.3 is 0 Å². The fraction of sp³-hybridized carbons (Fsp3) is 0.429. The molecule has 2 aromatic rings. The van der Waals surface area contributed by atoms with Crippen LogP contribution in [0, 0.1) is 11.7 Å². The predicted octanol–water partition coefficient (Wildman–Crippen LogP) is 2.55. The average Bonchev–Trinajstić information content (AvgIpc) is 2.96. The number of benzene rings is 1. The van der Waals surface area contributed by atoms with Crippen LogP contribution in [-0.2, 0) is 0 Å². The number of hydrogen-bond acceptors (Lipinski definition) is 4. The predicted molar refractivity (Wildman–Crippen MR) is 83.5 cm³/mol. The van der Waals surface area contributed by atoms with Crippen LogP contribution < -0.4 is 10.6 Å². The van der Waals surface area contributed by atoms with E-state index in [2.05, 4.69) is 36.0 Å². The summed E-state index contributed by atoms with van der Waals surface area (Å²) in [5.74, 6) is 1.53. The first-order valence-electron chi connectivity index (χ1n) is 6.99. The molecule has 1 aliphatic rings. The van der Waals surface area contributed by atoms with Crippen LogP contribution in [0.2, 0.25) is 0 Å². The Morgan fingerprint density at radius 2 is 2.10 bits per heavy atom. The summed E-state index contributed by atoms with van der Waals surface area (Å²) >= 11 is 3.28. The van der Waals surface area contributed by atoms with Gasteiger partial charge < -0.3 is 10.6 Å². The summed E-state index contributed by atoms with van der Waals surface area (Å²) in [6, 6.07) is 4.67. The molecule has 3 rings (SSSR count). The molecule has 0 unspecified atom stereocenters. The first-order chi connectivity index (χ1) is 10.2. The van der Waals surface area contributed by atoms with Gasteiger partial charge in [0.2, 0.25) is 5.95 Å². The van der Waals surface area contributed by atoms with Crippen LogP contribution in [-0.4, -0.2) is 34.8 Å². The second-order valence-corrected chi connectivity index (χ2v) is 6.22. The fourth-order valence-electron chi connectivity index (χ4n) is 2.58. The maximum absolute atomic E-state index is 13.4. The van der Waals surface area contributed by atoms with Gasteiger partial charge in [-0.05, 0) is 43.5 Å². The van der Waals surface area contributed by atoms with E-state index >= 15 is 0 Å². The van der Waals surface area contributed by atoms with Crippen molar-refractivity contribution in [2.45, 2.75) is 12.8 Å². The van der Waals surface area contributed by atoms with E-state index in [1.807, 2.05) is 6.07 Å². The van der Waals surface area contributed by atoms with E-state index < -0.39 is 0 Å². The number of hydrogen-bond donors (Lipinski definition) is 2. The lowest BCUT2D eigenvalue weighted by molar-refractivity contribution is 0.411. The van der Waals surface area contributed by atoms with Crippen molar-refractivity contribution in [3.8, 4) is 11.4 Å². The van der Waals surface area contributed by atoms with E-state index in [0.717, 1.165) is 32.5 Å². The highest BCUT2D eigenvalue weighted by Crippen LogP contribution is 2.25. The van der Waals surface area contributed by atoms with Crippen molar-refractivity contribution in [1.82, 2.24) is 15.2 Å². The maximum atomic E-state index is 13.4. The Kier molecular flexibility index (Phi) is 4.21. The lowest BCUT2D eigenvalue weighted by atomic mass is 9.97. The van der Waals surface area contributed by atoms with Gasteiger partial charge in [0.25, 0.3) is 0 Å². The van der Waals surface area contributed by atoms with E-state index in [-0.39, 0.29) is 5.82 Å². The van der Waals surface area contributed by atoms with Gasteiger partial charge in [-0.15, -0.1) is 5.10 Å². The molecule has 1 aromatic heterocycles. The van der Waals surface area contributed by atoms with E-state index in [4.69, 9.17) is 5.73 Å². The lowest BCUT2D eigenvalue weighted by Crippen LogP contribution is -2.36. The Morgan fingerprint density at radius 1 is 1.33 bits per heavy atom. The van der Waals surface area contributed by atoms with E-state index in [0.29, 0.717) is 27.7 Å². The summed E-state index contributed by atoms with van der Waals surface area (Å²) in [4.78, 5) is 6.62. The molecule has 0 bridgehead atoms. The first-order valence-corrected chi connectivity index (χ1v) is 7.79. The maximum Gasteiger partial charge on any atom is 0.245 e. The molecular weight excluding hydrogens is 337 g/mol. The zero-order valence-corrected chi connectivity index (χ0v) is 13.1. The van der Waals surface area contributed by atoms with Crippen LogP contribution in [0.1, 0.15) is 12.8 Å². The second-order valence-electron chi connectivity index (χ2n) is 5.31. The smallest absolute Gasteiger partial charge is 0.245 e. The molecule has 0 spiro atoms. The molecule has 1 saturated heterocycles. The SMILES string of the molecule is NCC1CCN(c2n[nH]c(-c3cc(F)cc(Br)c3)n2)CC1. The van der Waals surface area contributed by atoms with E-state index in [1.54, 1.807) is 0 Å². The van der Waals surface area contributed by atoms with Gasteiger partial charge in [0.1, 0.15) is 5.82 Å². The van der Waals surface area contributed by atoms with Gasteiger partial charge in [0.05, 0.1) is 0 Å². The number of piperidine rings is 1. The Bertz CT molecular complexity index is 601. The number of aromatic amines is 1. The molecule has 7 heteroatoms. The fourth-order valence-corrected chi connectivity index (χ4v) is 3.05. The number of nitrogens with two attached hydrogens (primary N) is 1. The summed E-state index contributed by atoms with van der Waals surface area (Å²) in [6.07, 6.45) is 2.12. The molecule has 21 heavy (non-hydrogen) atoms.